The van der Waals surface area contributed by atoms with Crippen LogP contribution in [0.5, 0.6) is 0 Å². The second-order valence-electron chi connectivity index (χ2n) is 5.99. The number of hydrogen-bond acceptors (Lipinski definition) is 2. The normalized spacial score (nSPS) is 17.0. The lowest BCUT2D eigenvalue weighted by molar-refractivity contribution is 0.463. The third-order valence-electron chi connectivity index (χ3n) is 4.06. The van der Waals surface area contributed by atoms with Crippen molar-refractivity contribution in [2.75, 3.05) is 13.1 Å². The molecule has 0 spiro atoms. The lowest BCUT2D eigenvalue weighted by Crippen LogP contribution is -2.15. The van der Waals surface area contributed by atoms with E-state index < -0.39 is 0 Å². The lowest BCUT2D eigenvalue weighted by atomic mass is 10.1. The average molecular weight is 275 g/mol. The molecule has 0 unspecified atom stereocenters. The number of aromatic nitrogens is 2. The fourth-order valence-electron chi connectivity index (χ4n) is 2.92. The van der Waals surface area contributed by atoms with Crippen molar-refractivity contribution in [2.45, 2.75) is 64.8 Å². The van der Waals surface area contributed by atoms with Gasteiger partial charge in [-0.1, -0.05) is 31.4 Å². The summed E-state index contributed by atoms with van der Waals surface area (Å²) in [6, 6.07) is 2.84. The Morgan fingerprint density at radius 2 is 2.20 bits per heavy atom. The van der Waals surface area contributed by atoms with E-state index in [4.69, 9.17) is 5.10 Å². The lowest BCUT2D eigenvalue weighted by Gasteiger charge is -2.08. The molecule has 1 saturated carbocycles. The molecule has 2 rings (SSSR count). The highest BCUT2D eigenvalue weighted by Crippen LogP contribution is 2.28. The van der Waals surface area contributed by atoms with Crippen molar-refractivity contribution in [2.24, 2.45) is 0 Å². The molecule has 112 valence electrons. The third kappa shape index (κ3) is 4.78. The maximum absolute atomic E-state index is 4.75. The molecule has 1 aliphatic rings. The summed E-state index contributed by atoms with van der Waals surface area (Å²) in [5, 5.41) is 8.18. The Morgan fingerprint density at radius 3 is 2.95 bits per heavy atom. The van der Waals surface area contributed by atoms with Gasteiger partial charge in [-0.2, -0.15) is 5.10 Å². The molecule has 0 radical (unpaired) electrons. The van der Waals surface area contributed by atoms with Crippen molar-refractivity contribution in [1.82, 2.24) is 15.1 Å². The molecule has 3 heteroatoms. The van der Waals surface area contributed by atoms with Gasteiger partial charge in [0.25, 0.3) is 0 Å². The minimum Gasteiger partial charge on any atom is -0.316 e. The molecule has 20 heavy (non-hydrogen) atoms. The minimum atomic E-state index is 0.659. The van der Waals surface area contributed by atoms with Crippen LogP contribution in [0.3, 0.4) is 0 Å². The minimum absolute atomic E-state index is 0.659. The predicted molar refractivity (Wildman–Crippen MR) is 85.0 cm³/mol. The molecule has 0 atom stereocenters. The van der Waals surface area contributed by atoms with Crippen molar-refractivity contribution in [1.29, 1.82) is 0 Å². The highest BCUT2D eigenvalue weighted by molar-refractivity contribution is 5.12. The number of allylic oxidation sites excluding steroid dienone is 1. The van der Waals surface area contributed by atoms with E-state index >= 15 is 0 Å². The molecule has 0 aliphatic heterocycles. The SMILES string of the molecule is CCCNCCC=C(C)Cc1ccn(C2CCCC2)n1. The van der Waals surface area contributed by atoms with E-state index in [-0.39, 0.29) is 0 Å². The van der Waals surface area contributed by atoms with E-state index in [1.807, 2.05) is 0 Å². The van der Waals surface area contributed by atoms with Crippen molar-refractivity contribution < 1.29 is 0 Å². The van der Waals surface area contributed by atoms with Crippen LogP contribution in [-0.2, 0) is 6.42 Å². The zero-order chi connectivity index (χ0) is 14.2. The van der Waals surface area contributed by atoms with Crippen LogP contribution in [0.1, 0.15) is 64.1 Å². The van der Waals surface area contributed by atoms with Crippen LogP contribution in [0, 0.1) is 0 Å². The van der Waals surface area contributed by atoms with E-state index in [0.717, 1.165) is 25.9 Å². The second-order valence-corrected chi connectivity index (χ2v) is 5.99. The summed E-state index contributed by atoms with van der Waals surface area (Å²) >= 11 is 0. The Balaban J connectivity index is 1.76. The number of nitrogens with one attached hydrogen (secondary N) is 1. The van der Waals surface area contributed by atoms with Crippen molar-refractivity contribution >= 4 is 0 Å². The number of hydrogen-bond donors (Lipinski definition) is 1. The fourth-order valence-corrected chi connectivity index (χ4v) is 2.92. The maximum atomic E-state index is 4.75. The maximum Gasteiger partial charge on any atom is 0.0664 e. The van der Waals surface area contributed by atoms with Crippen molar-refractivity contribution in [3.8, 4) is 0 Å². The molecule has 0 amide bonds. The van der Waals surface area contributed by atoms with Crippen LogP contribution < -0.4 is 5.32 Å². The first-order valence-electron chi connectivity index (χ1n) is 8.20. The Morgan fingerprint density at radius 1 is 1.40 bits per heavy atom. The topological polar surface area (TPSA) is 29.9 Å². The Hall–Kier alpha value is -1.09. The van der Waals surface area contributed by atoms with Gasteiger partial charge in [0.1, 0.15) is 0 Å². The molecule has 0 saturated heterocycles. The number of nitrogens with zero attached hydrogens (tertiary/aromatic N) is 2. The van der Waals surface area contributed by atoms with Gasteiger partial charge in [0.05, 0.1) is 11.7 Å². The van der Waals surface area contributed by atoms with Gasteiger partial charge in [-0.15, -0.1) is 0 Å². The first-order chi connectivity index (χ1) is 9.79. The van der Waals surface area contributed by atoms with Gasteiger partial charge in [0, 0.05) is 12.6 Å². The van der Waals surface area contributed by atoms with Crippen molar-refractivity contribution in [3.63, 3.8) is 0 Å². The zero-order valence-electron chi connectivity index (χ0n) is 13.1. The van der Waals surface area contributed by atoms with Crippen LogP contribution in [0.25, 0.3) is 0 Å². The summed E-state index contributed by atoms with van der Waals surface area (Å²) in [4.78, 5) is 0. The van der Waals surface area contributed by atoms with Gasteiger partial charge in [0.2, 0.25) is 0 Å². The highest BCUT2D eigenvalue weighted by atomic mass is 15.3. The van der Waals surface area contributed by atoms with E-state index in [2.05, 4.69) is 42.2 Å². The summed E-state index contributed by atoms with van der Waals surface area (Å²) in [6.45, 7) is 6.63. The smallest absolute Gasteiger partial charge is 0.0664 e. The molecule has 1 N–H and O–H groups in total. The summed E-state index contributed by atoms with van der Waals surface area (Å²) in [5.74, 6) is 0. The van der Waals surface area contributed by atoms with Gasteiger partial charge < -0.3 is 5.32 Å². The summed E-state index contributed by atoms with van der Waals surface area (Å²) in [5.41, 5.74) is 2.65. The molecule has 0 aromatic carbocycles. The second kappa shape index (κ2) is 8.25. The average Bonchev–Trinajstić information content (AvgIpc) is 3.08. The molecular weight excluding hydrogens is 246 g/mol. The van der Waals surface area contributed by atoms with E-state index in [9.17, 15) is 0 Å². The quantitative estimate of drug-likeness (QED) is 0.576. The van der Waals surface area contributed by atoms with Crippen LogP contribution in [0.4, 0.5) is 0 Å². The van der Waals surface area contributed by atoms with E-state index in [1.165, 1.54) is 43.4 Å². The fraction of sp³-hybridized carbons (Fsp3) is 0.706. The molecule has 1 aliphatic carbocycles. The highest BCUT2D eigenvalue weighted by Gasteiger charge is 2.17. The monoisotopic (exact) mass is 275 g/mol. The van der Waals surface area contributed by atoms with Gasteiger partial charge in [0.15, 0.2) is 0 Å². The predicted octanol–water partition coefficient (Wildman–Crippen LogP) is 3.88. The van der Waals surface area contributed by atoms with Crippen LogP contribution >= 0.6 is 0 Å². The molecule has 3 nitrogen and oxygen atoms in total. The summed E-state index contributed by atoms with van der Waals surface area (Å²) in [6.07, 6.45) is 13.2. The van der Waals surface area contributed by atoms with Crippen molar-refractivity contribution in [3.05, 3.63) is 29.6 Å². The van der Waals surface area contributed by atoms with Crippen LogP contribution in [-0.4, -0.2) is 22.9 Å². The van der Waals surface area contributed by atoms with Gasteiger partial charge in [-0.25, -0.2) is 0 Å². The van der Waals surface area contributed by atoms with Gasteiger partial charge >= 0.3 is 0 Å². The molecule has 1 fully saturated rings. The van der Waals surface area contributed by atoms with Crippen LogP contribution in [0.2, 0.25) is 0 Å². The largest absolute Gasteiger partial charge is 0.316 e. The van der Waals surface area contributed by atoms with E-state index in [0.29, 0.717) is 6.04 Å². The zero-order valence-corrected chi connectivity index (χ0v) is 13.1. The van der Waals surface area contributed by atoms with Gasteiger partial charge in [-0.3, -0.25) is 4.68 Å². The van der Waals surface area contributed by atoms with E-state index in [1.54, 1.807) is 0 Å². The summed E-state index contributed by atoms with van der Waals surface area (Å²) < 4.78 is 2.19. The molecule has 0 bridgehead atoms. The first kappa shape index (κ1) is 15.3. The standard InChI is InChI=1S/C17H29N3/c1-3-11-18-12-6-7-15(2)14-16-10-13-20(19-16)17-8-4-5-9-17/h7,10,13,17-18H,3-6,8-9,11-12,14H2,1-2H3. The first-order valence-corrected chi connectivity index (χ1v) is 8.20. The Kier molecular flexibility index (Phi) is 6.31. The molecule has 1 aromatic rings. The molecular formula is C17H29N3. The molecule has 1 heterocycles. The summed E-state index contributed by atoms with van der Waals surface area (Å²) in [7, 11) is 0. The Labute approximate surface area is 123 Å². The Bertz CT molecular complexity index is 414. The third-order valence-corrected chi connectivity index (χ3v) is 4.06. The van der Waals surface area contributed by atoms with Gasteiger partial charge in [-0.05, 0) is 51.8 Å². The molecule has 1 aromatic heterocycles. The number of rotatable bonds is 8. The van der Waals surface area contributed by atoms with Crippen LogP contribution in [0.15, 0.2) is 23.9 Å².